The maximum absolute atomic E-state index is 12.5. The first-order valence-electron chi connectivity index (χ1n) is 9.09. The first-order chi connectivity index (χ1) is 12.9. The smallest absolute Gasteiger partial charge is 0.308 e. The number of carbonyl (C=O) groups is 1. The molecule has 6 nitrogen and oxygen atoms in total. The van der Waals surface area contributed by atoms with Crippen molar-refractivity contribution in [2.24, 2.45) is 0 Å². The predicted octanol–water partition coefficient (Wildman–Crippen LogP) is 3.22. The summed E-state index contributed by atoms with van der Waals surface area (Å²) in [6.07, 6.45) is 3.23. The van der Waals surface area contributed by atoms with Crippen molar-refractivity contribution in [3.63, 3.8) is 0 Å². The number of thiazole rings is 1. The zero-order chi connectivity index (χ0) is 20.9. The molecule has 0 aliphatic carbocycles. The van der Waals surface area contributed by atoms with E-state index in [-0.39, 0.29) is 22.4 Å². The summed E-state index contributed by atoms with van der Waals surface area (Å²) in [5.74, 6) is 0.259. The van der Waals surface area contributed by atoms with Crippen LogP contribution in [0.1, 0.15) is 65.2 Å². The standard InChI is InChI=1S/C21H25N3O3S/c1-12(25)27-17-14(20(2,3)4)8-13(9-15(17)21(5,6)7)10-16-18(26)24-19(28-16)22-11-23-24/h8-11H,1-7H3/b16-10-. The number of ether oxygens (including phenoxy) is 1. The maximum atomic E-state index is 12.5. The molecular formula is C21H25N3O3S. The Balaban J connectivity index is 2.32. The van der Waals surface area contributed by atoms with E-state index in [0.29, 0.717) is 15.2 Å². The van der Waals surface area contributed by atoms with Crippen molar-refractivity contribution in [3.8, 4) is 5.75 Å². The third kappa shape index (κ3) is 3.85. The number of fused-ring (bicyclic) bond motifs is 1. The van der Waals surface area contributed by atoms with E-state index in [1.165, 1.54) is 29.1 Å². The van der Waals surface area contributed by atoms with E-state index in [0.717, 1.165) is 16.7 Å². The van der Waals surface area contributed by atoms with E-state index in [2.05, 4.69) is 51.6 Å². The molecule has 7 heteroatoms. The highest BCUT2D eigenvalue weighted by Gasteiger charge is 2.28. The van der Waals surface area contributed by atoms with Crippen molar-refractivity contribution < 1.29 is 9.53 Å². The second-order valence-electron chi connectivity index (χ2n) is 8.91. The molecule has 3 rings (SSSR count). The number of benzene rings is 1. The SMILES string of the molecule is CC(=O)Oc1c(C(C)(C)C)cc(/C=c2\sc3ncnn3c2=O)cc1C(C)(C)C. The molecule has 0 aliphatic rings. The van der Waals surface area contributed by atoms with Crippen LogP contribution in [0, 0.1) is 0 Å². The quantitative estimate of drug-likeness (QED) is 0.489. The van der Waals surface area contributed by atoms with E-state index >= 15 is 0 Å². The number of rotatable bonds is 2. The summed E-state index contributed by atoms with van der Waals surface area (Å²) in [4.78, 5) is 29.0. The van der Waals surface area contributed by atoms with E-state index in [4.69, 9.17) is 4.74 Å². The molecule has 2 heterocycles. The fourth-order valence-electron chi connectivity index (χ4n) is 3.03. The average molecular weight is 400 g/mol. The summed E-state index contributed by atoms with van der Waals surface area (Å²) >= 11 is 1.30. The molecule has 0 radical (unpaired) electrons. The van der Waals surface area contributed by atoms with Gasteiger partial charge in [-0.05, 0) is 34.6 Å². The van der Waals surface area contributed by atoms with Crippen LogP contribution in [0.15, 0.2) is 23.3 Å². The van der Waals surface area contributed by atoms with Crippen LogP contribution >= 0.6 is 11.3 Å². The predicted molar refractivity (Wildman–Crippen MR) is 111 cm³/mol. The number of hydrogen-bond acceptors (Lipinski definition) is 6. The molecule has 3 aromatic rings. The van der Waals surface area contributed by atoms with E-state index < -0.39 is 0 Å². The Morgan fingerprint density at radius 1 is 1.11 bits per heavy atom. The normalized spacial score (nSPS) is 13.3. The van der Waals surface area contributed by atoms with Gasteiger partial charge in [0.25, 0.3) is 5.56 Å². The first kappa shape index (κ1) is 20.2. The Morgan fingerprint density at radius 2 is 1.68 bits per heavy atom. The molecule has 0 N–H and O–H groups in total. The van der Waals surface area contributed by atoms with Crippen LogP contribution in [0.4, 0.5) is 0 Å². The topological polar surface area (TPSA) is 73.6 Å². The van der Waals surface area contributed by atoms with Gasteiger partial charge in [-0.15, -0.1) is 0 Å². The minimum Gasteiger partial charge on any atom is -0.426 e. The highest BCUT2D eigenvalue weighted by Crippen LogP contribution is 2.41. The van der Waals surface area contributed by atoms with Crippen molar-refractivity contribution in [1.29, 1.82) is 0 Å². The van der Waals surface area contributed by atoms with Gasteiger partial charge >= 0.3 is 5.97 Å². The van der Waals surface area contributed by atoms with Crippen LogP contribution in [-0.2, 0) is 15.6 Å². The molecule has 0 amide bonds. The number of carbonyl (C=O) groups excluding carboxylic acids is 1. The molecule has 148 valence electrons. The van der Waals surface area contributed by atoms with E-state index in [1.54, 1.807) is 0 Å². The summed E-state index contributed by atoms with van der Waals surface area (Å²) < 4.78 is 7.53. The Morgan fingerprint density at radius 3 is 2.14 bits per heavy atom. The molecule has 0 bridgehead atoms. The van der Waals surface area contributed by atoms with Crippen LogP contribution in [0.3, 0.4) is 0 Å². The lowest BCUT2D eigenvalue weighted by Gasteiger charge is -2.29. The molecule has 0 saturated heterocycles. The maximum Gasteiger partial charge on any atom is 0.308 e. The molecule has 0 spiro atoms. The lowest BCUT2D eigenvalue weighted by Crippen LogP contribution is -2.24. The van der Waals surface area contributed by atoms with Gasteiger partial charge in [0.2, 0.25) is 4.96 Å². The Labute approximate surface area is 167 Å². The highest BCUT2D eigenvalue weighted by molar-refractivity contribution is 7.15. The largest absolute Gasteiger partial charge is 0.426 e. The van der Waals surface area contributed by atoms with Gasteiger partial charge in [-0.1, -0.05) is 52.9 Å². The monoisotopic (exact) mass is 399 g/mol. The van der Waals surface area contributed by atoms with Crippen molar-refractivity contribution >= 4 is 28.3 Å². The van der Waals surface area contributed by atoms with Crippen LogP contribution in [-0.4, -0.2) is 20.6 Å². The summed E-state index contributed by atoms with van der Waals surface area (Å²) in [5.41, 5.74) is 2.05. The molecule has 0 atom stereocenters. The van der Waals surface area contributed by atoms with Crippen LogP contribution in [0.25, 0.3) is 11.0 Å². The molecular weight excluding hydrogens is 374 g/mol. The lowest BCUT2D eigenvalue weighted by molar-refractivity contribution is -0.132. The Bertz CT molecular complexity index is 1130. The van der Waals surface area contributed by atoms with Gasteiger partial charge in [-0.2, -0.15) is 9.61 Å². The first-order valence-corrected chi connectivity index (χ1v) is 9.91. The molecule has 2 aromatic heterocycles. The summed E-state index contributed by atoms with van der Waals surface area (Å²) in [7, 11) is 0. The second-order valence-corrected chi connectivity index (χ2v) is 9.92. The Hall–Kier alpha value is -2.54. The molecule has 0 fully saturated rings. The summed E-state index contributed by atoms with van der Waals surface area (Å²) in [6, 6.07) is 3.98. The summed E-state index contributed by atoms with van der Waals surface area (Å²) in [5, 5.41) is 3.97. The van der Waals surface area contributed by atoms with Crippen molar-refractivity contribution in [2.75, 3.05) is 0 Å². The third-order valence-corrected chi connectivity index (χ3v) is 5.37. The molecule has 0 aliphatic heterocycles. The van der Waals surface area contributed by atoms with E-state index in [9.17, 15) is 9.59 Å². The van der Waals surface area contributed by atoms with Gasteiger partial charge in [0.05, 0.1) is 4.53 Å². The fraction of sp³-hybridized carbons (Fsp3) is 0.429. The van der Waals surface area contributed by atoms with Crippen LogP contribution < -0.4 is 14.8 Å². The number of hydrogen-bond donors (Lipinski definition) is 0. The number of aromatic nitrogens is 3. The van der Waals surface area contributed by atoms with Gasteiger partial charge in [-0.3, -0.25) is 9.59 Å². The van der Waals surface area contributed by atoms with Crippen molar-refractivity contribution in [2.45, 2.75) is 59.3 Å². The number of esters is 1. The Kier molecular flexibility index (Phi) is 4.91. The summed E-state index contributed by atoms with van der Waals surface area (Å²) in [6.45, 7) is 13.9. The minimum atomic E-state index is -0.347. The average Bonchev–Trinajstić information content (AvgIpc) is 3.10. The fourth-order valence-corrected chi connectivity index (χ4v) is 3.91. The van der Waals surface area contributed by atoms with Gasteiger partial charge in [0.1, 0.15) is 12.1 Å². The van der Waals surface area contributed by atoms with Crippen molar-refractivity contribution in [1.82, 2.24) is 14.6 Å². The number of nitrogens with zero attached hydrogens (tertiary/aromatic N) is 3. The van der Waals surface area contributed by atoms with Crippen molar-refractivity contribution in [3.05, 3.63) is 50.0 Å². The molecule has 1 aromatic carbocycles. The highest BCUT2D eigenvalue weighted by atomic mass is 32.1. The van der Waals surface area contributed by atoms with Crippen LogP contribution in [0.2, 0.25) is 0 Å². The second kappa shape index (κ2) is 6.81. The van der Waals surface area contributed by atoms with Gasteiger partial charge in [0.15, 0.2) is 0 Å². The van der Waals surface area contributed by atoms with Crippen LogP contribution in [0.5, 0.6) is 5.75 Å². The molecule has 28 heavy (non-hydrogen) atoms. The molecule has 0 unspecified atom stereocenters. The van der Waals surface area contributed by atoms with Gasteiger partial charge in [0, 0.05) is 18.1 Å². The lowest BCUT2D eigenvalue weighted by atomic mass is 9.78. The minimum absolute atomic E-state index is 0.184. The molecule has 0 saturated carbocycles. The zero-order valence-corrected chi connectivity index (χ0v) is 18.1. The van der Waals surface area contributed by atoms with Gasteiger partial charge < -0.3 is 4.74 Å². The van der Waals surface area contributed by atoms with Gasteiger partial charge in [-0.25, -0.2) is 4.98 Å². The zero-order valence-electron chi connectivity index (χ0n) is 17.3. The van der Waals surface area contributed by atoms with E-state index in [1.807, 2.05) is 18.2 Å². The third-order valence-electron chi connectivity index (χ3n) is 4.39.